The summed E-state index contributed by atoms with van der Waals surface area (Å²) in [4.78, 5) is 4.52. The molecule has 0 aliphatic heterocycles. The van der Waals surface area contributed by atoms with E-state index in [0.717, 1.165) is 43.8 Å². The standard InChI is InChI=1S/C25H15N2O2/c1-27-13-11-15-14-7-4-10-19-20(14)22(17-8-5-12-26-24(17)28-19)21-16-6-2-3-9-18(16)29-25(27)23(15)21/h2-13H,1H3/q+1. The molecule has 0 N–H and O–H groups in total. The van der Waals surface area contributed by atoms with Crippen LogP contribution in [-0.4, -0.2) is 4.98 Å². The number of benzene rings is 3. The quantitative estimate of drug-likeness (QED) is 0.185. The molecule has 0 aliphatic rings. The van der Waals surface area contributed by atoms with E-state index >= 15 is 0 Å². The van der Waals surface area contributed by atoms with Crippen molar-refractivity contribution in [3.63, 3.8) is 0 Å². The summed E-state index contributed by atoms with van der Waals surface area (Å²) < 4.78 is 14.6. The highest BCUT2D eigenvalue weighted by atomic mass is 16.3. The molecule has 0 saturated carbocycles. The fraction of sp³-hybridized carbons (Fsp3) is 0.0400. The normalized spacial score (nSPS) is 12.3. The monoisotopic (exact) mass is 375 g/mol. The highest BCUT2D eigenvalue weighted by molar-refractivity contribution is 6.39. The predicted octanol–water partition coefficient (Wildman–Crippen LogP) is 6.01. The molecule has 4 heteroatoms. The predicted molar refractivity (Wildman–Crippen MR) is 115 cm³/mol. The van der Waals surface area contributed by atoms with Crippen molar-refractivity contribution in [1.82, 2.24) is 4.98 Å². The number of para-hydroxylation sites is 1. The van der Waals surface area contributed by atoms with E-state index in [9.17, 15) is 0 Å². The van der Waals surface area contributed by atoms with Crippen LogP contribution in [0.15, 0.2) is 81.9 Å². The Labute approximate surface area is 164 Å². The Morgan fingerprint density at radius 2 is 1.41 bits per heavy atom. The molecule has 0 spiro atoms. The van der Waals surface area contributed by atoms with Gasteiger partial charge in [0.2, 0.25) is 5.71 Å². The molecule has 0 aliphatic carbocycles. The van der Waals surface area contributed by atoms with Crippen molar-refractivity contribution < 1.29 is 13.4 Å². The SMILES string of the molecule is C[n+]1ccc2c3cccc4oc5ncccc5c(c43)c3c4ccccc4oc1c23. The number of nitrogens with zero attached hydrogens (tertiary/aromatic N) is 2. The summed E-state index contributed by atoms with van der Waals surface area (Å²) in [5.74, 6) is 0. The molecule has 7 rings (SSSR count). The first-order valence-electron chi connectivity index (χ1n) is 9.63. The maximum absolute atomic E-state index is 6.38. The number of hydrogen-bond donors (Lipinski definition) is 0. The molecule has 0 bridgehead atoms. The lowest BCUT2D eigenvalue weighted by Gasteiger charge is -2.15. The minimum atomic E-state index is 0.647. The van der Waals surface area contributed by atoms with Crippen LogP contribution < -0.4 is 4.57 Å². The van der Waals surface area contributed by atoms with Crippen molar-refractivity contribution in [2.75, 3.05) is 0 Å². The van der Waals surface area contributed by atoms with Gasteiger partial charge in [0.1, 0.15) is 23.6 Å². The molecular formula is C25H15N2O2+. The van der Waals surface area contributed by atoms with E-state index in [1.165, 1.54) is 16.2 Å². The fourth-order valence-corrected chi connectivity index (χ4v) is 4.74. The van der Waals surface area contributed by atoms with Gasteiger partial charge in [0.25, 0.3) is 0 Å². The van der Waals surface area contributed by atoms with Crippen LogP contribution >= 0.6 is 0 Å². The smallest absolute Gasteiger partial charge is 0.381 e. The minimum absolute atomic E-state index is 0.647. The number of rotatable bonds is 0. The molecule has 0 atom stereocenters. The second-order valence-electron chi connectivity index (χ2n) is 7.51. The Bertz CT molecular complexity index is 1770. The van der Waals surface area contributed by atoms with Crippen LogP contribution in [0.2, 0.25) is 0 Å². The lowest BCUT2D eigenvalue weighted by molar-refractivity contribution is -0.651. The maximum atomic E-state index is 6.38. The maximum Gasteiger partial charge on any atom is 0.381 e. The van der Waals surface area contributed by atoms with Crippen LogP contribution in [0.3, 0.4) is 0 Å². The van der Waals surface area contributed by atoms with Gasteiger partial charge in [-0.3, -0.25) is 0 Å². The largest absolute Gasteiger partial charge is 0.438 e. The highest BCUT2D eigenvalue weighted by Crippen LogP contribution is 2.44. The molecule has 3 aromatic carbocycles. The van der Waals surface area contributed by atoms with Gasteiger partial charge in [0.05, 0.1) is 0 Å². The van der Waals surface area contributed by atoms with Crippen molar-refractivity contribution in [1.29, 1.82) is 0 Å². The molecule has 0 radical (unpaired) electrons. The van der Waals surface area contributed by atoms with Crippen molar-refractivity contribution >= 4 is 65.7 Å². The van der Waals surface area contributed by atoms with Gasteiger partial charge >= 0.3 is 5.71 Å². The fourth-order valence-electron chi connectivity index (χ4n) is 4.74. The van der Waals surface area contributed by atoms with E-state index in [2.05, 4.69) is 41.5 Å². The second kappa shape index (κ2) is 5.11. The molecule has 0 fully saturated rings. The third kappa shape index (κ3) is 1.79. The van der Waals surface area contributed by atoms with E-state index in [0.29, 0.717) is 5.71 Å². The Hall–Kier alpha value is -3.92. The molecule has 4 heterocycles. The molecule has 136 valence electrons. The highest BCUT2D eigenvalue weighted by Gasteiger charge is 2.23. The lowest BCUT2D eigenvalue weighted by atomic mass is 9.91. The number of fused-ring (bicyclic) bond motifs is 6. The van der Waals surface area contributed by atoms with Crippen molar-refractivity contribution in [3.05, 3.63) is 73.1 Å². The molecule has 4 aromatic heterocycles. The number of aryl methyl sites for hydroxylation is 1. The van der Waals surface area contributed by atoms with Crippen molar-refractivity contribution in [2.24, 2.45) is 7.05 Å². The minimum Gasteiger partial charge on any atom is -0.438 e. The van der Waals surface area contributed by atoms with Crippen LogP contribution in [0.25, 0.3) is 65.7 Å². The van der Waals surface area contributed by atoms with E-state index in [-0.39, 0.29) is 0 Å². The zero-order valence-electron chi connectivity index (χ0n) is 15.6. The number of aromatic nitrogens is 2. The average molecular weight is 375 g/mol. The van der Waals surface area contributed by atoms with Gasteiger partial charge < -0.3 is 8.83 Å². The molecule has 29 heavy (non-hydrogen) atoms. The number of pyridine rings is 2. The van der Waals surface area contributed by atoms with Gasteiger partial charge in [0.15, 0.2) is 6.20 Å². The Morgan fingerprint density at radius 3 is 2.38 bits per heavy atom. The van der Waals surface area contributed by atoms with Crippen LogP contribution in [0.5, 0.6) is 0 Å². The first-order valence-corrected chi connectivity index (χ1v) is 9.63. The Morgan fingerprint density at radius 1 is 0.655 bits per heavy atom. The average Bonchev–Trinajstić information content (AvgIpc) is 2.77. The molecule has 0 unspecified atom stereocenters. The summed E-state index contributed by atoms with van der Waals surface area (Å²) in [6.07, 6.45) is 3.84. The summed E-state index contributed by atoms with van der Waals surface area (Å²) in [7, 11) is 2.03. The van der Waals surface area contributed by atoms with Crippen molar-refractivity contribution in [2.45, 2.75) is 0 Å². The summed E-state index contributed by atoms with van der Waals surface area (Å²) >= 11 is 0. The van der Waals surface area contributed by atoms with Gasteiger partial charge in [-0.15, -0.1) is 0 Å². The molecule has 0 amide bonds. The van der Waals surface area contributed by atoms with Crippen LogP contribution in [0.4, 0.5) is 0 Å². The van der Waals surface area contributed by atoms with E-state index in [1.807, 2.05) is 41.9 Å². The first kappa shape index (κ1) is 15.1. The lowest BCUT2D eigenvalue weighted by Crippen LogP contribution is -2.28. The van der Waals surface area contributed by atoms with E-state index < -0.39 is 0 Å². The first-order chi connectivity index (χ1) is 14.3. The van der Waals surface area contributed by atoms with Crippen LogP contribution in [0, 0.1) is 0 Å². The van der Waals surface area contributed by atoms with Gasteiger partial charge in [-0.05, 0) is 29.7 Å². The molecule has 7 aromatic rings. The second-order valence-corrected chi connectivity index (χ2v) is 7.51. The number of hydrogen-bond acceptors (Lipinski definition) is 3. The summed E-state index contributed by atoms with van der Waals surface area (Å²) in [5, 5.41) is 9.06. The van der Waals surface area contributed by atoms with E-state index in [4.69, 9.17) is 8.83 Å². The third-order valence-electron chi connectivity index (χ3n) is 5.94. The van der Waals surface area contributed by atoms with Gasteiger partial charge in [-0.1, -0.05) is 30.3 Å². The van der Waals surface area contributed by atoms with Crippen LogP contribution in [0.1, 0.15) is 0 Å². The zero-order valence-corrected chi connectivity index (χ0v) is 15.6. The van der Waals surface area contributed by atoms with Gasteiger partial charge in [-0.2, -0.15) is 4.57 Å². The molecule has 4 nitrogen and oxygen atoms in total. The topological polar surface area (TPSA) is 43.0 Å². The van der Waals surface area contributed by atoms with Gasteiger partial charge in [0, 0.05) is 44.6 Å². The molecular weight excluding hydrogens is 360 g/mol. The summed E-state index contributed by atoms with van der Waals surface area (Å²) in [5.41, 5.74) is 3.22. The van der Waals surface area contributed by atoms with Crippen LogP contribution in [-0.2, 0) is 7.05 Å². The summed E-state index contributed by atoms with van der Waals surface area (Å²) in [6, 6.07) is 20.7. The zero-order chi connectivity index (χ0) is 19.1. The van der Waals surface area contributed by atoms with E-state index in [1.54, 1.807) is 6.20 Å². The Kier molecular flexibility index (Phi) is 2.66. The Balaban J connectivity index is 2.02. The third-order valence-corrected chi connectivity index (χ3v) is 5.94. The van der Waals surface area contributed by atoms with Crippen molar-refractivity contribution in [3.8, 4) is 0 Å². The molecule has 0 saturated heterocycles. The van der Waals surface area contributed by atoms with Gasteiger partial charge in [-0.25, -0.2) is 4.98 Å². The summed E-state index contributed by atoms with van der Waals surface area (Å²) in [6.45, 7) is 0.